The van der Waals surface area contributed by atoms with Gasteiger partial charge >= 0.3 is 10.3 Å². The number of benzene rings is 2. The lowest BCUT2D eigenvalue weighted by Crippen LogP contribution is -2.59. The SMILES string of the molecule is O=C(NCc1ccccc1)[C@H]1NS(=O)(=O)OC[C@@H](O)[C@H]1NCc1ccccc1. The quantitative estimate of drug-likeness (QED) is 0.540. The Kier molecular flexibility index (Phi) is 6.76. The Balaban J connectivity index is 1.73. The fourth-order valence-corrected chi connectivity index (χ4v) is 3.90. The lowest BCUT2D eigenvalue weighted by molar-refractivity contribution is -0.124. The Labute approximate surface area is 164 Å². The molecule has 1 aliphatic rings. The molecule has 0 aliphatic carbocycles. The monoisotopic (exact) mass is 405 g/mol. The first-order chi connectivity index (χ1) is 13.4. The normalized spacial score (nSPS) is 24.2. The lowest BCUT2D eigenvalue weighted by Gasteiger charge is -2.27. The van der Waals surface area contributed by atoms with E-state index in [0.717, 1.165) is 11.1 Å². The van der Waals surface area contributed by atoms with Crippen molar-refractivity contribution in [3.63, 3.8) is 0 Å². The number of amides is 1. The van der Waals surface area contributed by atoms with E-state index in [0.29, 0.717) is 6.54 Å². The molecule has 4 N–H and O–H groups in total. The molecule has 3 rings (SSSR count). The topological polar surface area (TPSA) is 117 Å². The van der Waals surface area contributed by atoms with Crippen LogP contribution >= 0.6 is 0 Å². The molecule has 1 fully saturated rings. The maximum atomic E-state index is 12.7. The Morgan fingerprint density at radius 3 is 2.21 bits per heavy atom. The first kappa shape index (κ1) is 20.4. The van der Waals surface area contributed by atoms with Crippen molar-refractivity contribution in [1.82, 2.24) is 15.4 Å². The predicted molar refractivity (Wildman–Crippen MR) is 103 cm³/mol. The maximum absolute atomic E-state index is 12.7. The van der Waals surface area contributed by atoms with Gasteiger partial charge in [-0.05, 0) is 11.1 Å². The summed E-state index contributed by atoms with van der Waals surface area (Å²) >= 11 is 0. The van der Waals surface area contributed by atoms with Crippen LogP contribution in [0.1, 0.15) is 11.1 Å². The van der Waals surface area contributed by atoms with Crippen LogP contribution in [0, 0.1) is 0 Å². The van der Waals surface area contributed by atoms with Crippen molar-refractivity contribution in [3.8, 4) is 0 Å². The van der Waals surface area contributed by atoms with E-state index in [9.17, 15) is 18.3 Å². The van der Waals surface area contributed by atoms with E-state index in [1.807, 2.05) is 60.7 Å². The average Bonchev–Trinajstić information content (AvgIpc) is 2.82. The van der Waals surface area contributed by atoms with Crippen molar-refractivity contribution < 1.29 is 22.5 Å². The van der Waals surface area contributed by atoms with Gasteiger partial charge in [-0.3, -0.25) is 8.98 Å². The van der Waals surface area contributed by atoms with E-state index in [-0.39, 0.29) is 6.54 Å². The number of nitrogens with one attached hydrogen (secondary N) is 3. The highest BCUT2D eigenvalue weighted by atomic mass is 32.2. The molecule has 1 amide bonds. The zero-order chi connectivity index (χ0) is 20.0. The van der Waals surface area contributed by atoms with Gasteiger partial charge < -0.3 is 15.7 Å². The largest absolute Gasteiger partial charge is 0.389 e. The minimum absolute atomic E-state index is 0.236. The summed E-state index contributed by atoms with van der Waals surface area (Å²) < 4.78 is 30.9. The van der Waals surface area contributed by atoms with Gasteiger partial charge in [0.1, 0.15) is 6.04 Å². The van der Waals surface area contributed by atoms with E-state index >= 15 is 0 Å². The van der Waals surface area contributed by atoms with Gasteiger partial charge in [0.15, 0.2) is 0 Å². The molecule has 2 aromatic rings. The summed E-state index contributed by atoms with van der Waals surface area (Å²) in [4.78, 5) is 12.7. The number of rotatable bonds is 6. The second kappa shape index (κ2) is 9.26. The van der Waals surface area contributed by atoms with Gasteiger partial charge in [-0.1, -0.05) is 60.7 Å². The zero-order valence-corrected chi connectivity index (χ0v) is 15.9. The molecule has 1 saturated heterocycles. The molecule has 8 nitrogen and oxygen atoms in total. The van der Waals surface area contributed by atoms with Crippen LogP contribution < -0.4 is 15.4 Å². The van der Waals surface area contributed by atoms with Crippen LogP contribution in [0.2, 0.25) is 0 Å². The smallest absolute Gasteiger partial charge is 0.336 e. The minimum atomic E-state index is -4.16. The molecule has 1 heterocycles. The van der Waals surface area contributed by atoms with Gasteiger partial charge in [-0.2, -0.15) is 13.1 Å². The van der Waals surface area contributed by atoms with Crippen LogP contribution in [0.3, 0.4) is 0 Å². The number of aliphatic hydroxyl groups is 1. The maximum Gasteiger partial charge on any atom is 0.336 e. The van der Waals surface area contributed by atoms with E-state index in [4.69, 9.17) is 4.18 Å². The fourth-order valence-electron chi connectivity index (χ4n) is 2.94. The Bertz CT molecular complexity index is 877. The second-order valence-corrected chi connectivity index (χ2v) is 7.88. The first-order valence-corrected chi connectivity index (χ1v) is 10.3. The summed E-state index contributed by atoms with van der Waals surface area (Å²) in [5.41, 5.74) is 1.81. The number of aliphatic hydroxyl groups excluding tert-OH is 1. The van der Waals surface area contributed by atoms with Gasteiger partial charge in [0.2, 0.25) is 5.91 Å². The van der Waals surface area contributed by atoms with Crippen molar-refractivity contribution in [2.24, 2.45) is 0 Å². The highest BCUT2D eigenvalue weighted by Crippen LogP contribution is 2.12. The molecule has 3 atom stereocenters. The lowest BCUT2D eigenvalue weighted by atomic mass is 10.0. The molecule has 0 bridgehead atoms. The van der Waals surface area contributed by atoms with E-state index in [2.05, 4.69) is 15.4 Å². The predicted octanol–water partition coefficient (Wildman–Crippen LogP) is 0.0553. The molecule has 0 saturated carbocycles. The van der Waals surface area contributed by atoms with E-state index < -0.39 is 41.0 Å². The van der Waals surface area contributed by atoms with Crippen LogP contribution in [0.5, 0.6) is 0 Å². The average molecular weight is 405 g/mol. The summed E-state index contributed by atoms with van der Waals surface area (Å²) in [6.07, 6.45) is -1.19. The zero-order valence-electron chi connectivity index (χ0n) is 15.1. The highest BCUT2D eigenvalue weighted by Gasteiger charge is 2.40. The highest BCUT2D eigenvalue weighted by molar-refractivity contribution is 7.84. The van der Waals surface area contributed by atoms with E-state index in [1.54, 1.807) is 0 Å². The molecule has 150 valence electrons. The molecule has 28 heavy (non-hydrogen) atoms. The van der Waals surface area contributed by atoms with Gasteiger partial charge in [0.05, 0.1) is 18.8 Å². The van der Waals surface area contributed by atoms with Crippen molar-refractivity contribution in [2.45, 2.75) is 31.3 Å². The molecule has 9 heteroatoms. The first-order valence-electron chi connectivity index (χ1n) is 8.88. The van der Waals surface area contributed by atoms with Gasteiger partial charge in [0.25, 0.3) is 0 Å². The summed E-state index contributed by atoms with van der Waals surface area (Å²) in [6.45, 7) is 0.150. The van der Waals surface area contributed by atoms with Gasteiger partial charge in [-0.25, -0.2) is 0 Å². The van der Waals surface area contributed by atoms with Crippen LogP contribution in [-0.2, 0) is 32.4 Å². The van der Waals surface area contributed by atoms with Crippen molar-refractivity contribution >= 4 is 16.2 Å². The van der Waals surface area contributed by atoms with Crippen molar-refractivity contribution in [1.29, 1.82) is 0 Å². The Hall–Kier alpha value is -2.30. The molecule has 2 aromatic carbocycles. The number of hydrogen-bond donors (Lipinski definition) is 4. The Morgan fingerprint density at radius 1 is 1.04 bits per heavy atom. The molecule has 1 aliphatic heterocycles. The number of carbonyl (C=O) groups excluding carboxylic acids is 1. The summed E-state index contributed by atoms with van der Waals surface area (Å²) in [6, 6.07) is 16.6. The molecule has 0 unspecified atom stereocenters. The van der Waals surface area contributed by atoms with Gasteiger partial charge in [0, 0.05) is 13.1 Å². The standard InChI is InChI=1S/C19H23N3O5S/c23-16-13-27-28(25,26)22-18(17(16)20-11-14-7-3-1-4-8-14)19(24)21-12-15-9-5-2-6-10-15/h1-10,16-18,20,22-23H,11-13H2,(H,21,24)/t16-,17-,18+/m1/s1. The third kappa shape index (κ3) is 5.60. The van der Waals surface area contributed by atoms with Crippen molar-refractivity contribution in [3.05, 3.63) is 71.8 Å². The molecular formula is C19H23N3O5S. The van der Waals surface area contributed by atoms with Gasteiger partial charge in [-0.15, -0.1) is 0 Å². The van der Waals surface area contributed by atoms with Crippen LogP contribution in [0.4, 0.5) is 0 Å². The van der Waals surface area contributed by atoms with Crippen LogP contribution in [0.25, 0.3) is 0 Å². The molecule has 0 spiro atoms. The third-order valence-corrected chi connectivity index (χ3v) is 5.40. The van der Waals surface area contributed by atoms with Crippen LogP contribution in [0.15, 0.2) is 60.7 Å². The summed E-state index contributed by atoms with van der Waals surface area (Å²) in [5.74, 6) is -0.553. The van der Waals surface area contributed by atoms with Crippen LogP contribution in [-0.4, -0.2) is 44.2 Å². The van der Waals surface area contributed by atoms with Crippen molar-refractivity contribution in [2.75, 3.05) is 6.61 Å². The summed E-state index contributed by atoms with van der Waals surface area (Å²) in [5, 5.41) is 16.2. The Morgan fingerprint density at radius 2 is 1.61 bits per heavy atom. The second-order valence-electron chi connectivity index (χ2n) is 6.50. The number of carbonyl (C=O) groups is 1. The molecule has 0 radical (unpaired) electrons. The van der Waals surface area contributed by atoms with E-state index in [1.165, 1.54) is 0 Å². The molecule has 0 aromatic heterocycles. The minimum Gasteiger partial charge on any atom is -0.389 e. The number of hydrogen-bond acceptors (Lipinski definition) is 6. The summed E-state index contributed by atoms with van der Waals surface area (Å²) in [7, 11) is -4.16. The third-order valence-electron chi connectivity index (χ3n) is 4.42. The fraction of sp³-hybridized carbons (Fsp3) is 0.316. The molecular weight excluding hydrogens is 382 g/mol.